The molecular weight excluding hydrogens is 238 g/mol. The average molecular weight is 252 g/mol. The van der Waals surface area contributed by atoms with Gasteiger partial charge >= 0.3 is 12.4 Å². The molecule has 0 spiro atoms. The Hall–Kier alpha value is -0.460. The fourth-order valence-electron chi connectivity index (χ4n) is 1.28. The molecule has 1 atom stereocenters. The van der Waals surface area contributed by atoms with E-state index < -0.39 is 29.3 Å². The van der Waals surface area contributed by atoms with Crippen molar-refractivity contribution in [1.29, 1.82) is 0 Å². The molecule has 1 N–H and O–H groups in total. The maximum Gasteiger partial charge on any atom is 0.426 e. The first-order valence-corrected chi connectivity index (χ1v) is 4.51. The second kappa shape index (κ2) is 3.78. The first kappa shape index (κ1) is 15.5. The molecule has 0 aromatic heterocycles. The monoisotopic (exact) mass is 252 g/mol. The summed E-state index contributed by atoms with van der Waals surface area (Å²) in [5.41, 5.74) is -6.02. The molecule has 0 rings (SSSR count). The first-order valence-electron chi connectivity index (χ1n) is 4.51. The smallest absolute Gasteiger partial charge is 0.373 e. The number of alkyl halides is 6. The van der Waals surface area contributed by atoms with Crippen molar-refractivity contribution in [2.24, 2.45) is 11.3 Å². The molecular formula is C9H14F6O. The van der Waals surface area contributed by atoms with Gasteiger partial charge in [0.25, 0.3) is 5.60 Å². The number of halogens is 6. The van der Waals surface area contributed by atoms with Gasteiger partial charge < -0.3 is 5.11 Å². The molecule has 98 valence electrons. The van der Waals surface area contributed by atoms with E-state index in [2.05, 4.69) is 0 Å². The predicted molar refractivity (Wildman–Crippen MR) is 45.7 cm³/mol. The van der Waals surface area contributed by atoms with Crippen molar-refractivity contribution in [1.82, 2.24) is 0 Å². The van der Waals surface area contributed by atoms with Crippen LogP contribution in [0.3, 0.4) is 0 Å². The number of rotatable bonds is 1. The van der Waals surface area contributed by atoms with E-state index in [9.17, 15) is 26.3 Å². The van der Waals surface area contributed by atoms with Crippen LogP contribution >= 0.6 is 0 Å². The molecule has 0 aliphatic carbocycles. The Morgan fingerprint density at radius 2 is 1.06 bits per heavy atom. The fraction of sp³-hybridized carbons (Fsp3) is 1.00. The van der Waals surface area contributed by atoms with E-state index in [4.69, 9.17) is 5.11 Å². The molecule has 0 aromatic rings. The molecule has 0 amide bonds. The lowest BCUT2D eigenvalue weighted by molar-refractivity contribution is -0.390. The summed E-state index contributed by atoms with van der Waals surface area (Å²) in [5, 5.41) is 9.04. The normalized spacial score (nSPS) is 17.4. The van der Waals surface area contributed by atoms with Crippen LogP contribution in [-0.2, 0) is 0 Å². The van der Waals surface area contributed by atoms with Crippen LogP contribution in [0.15, 0.2) is 0 Å². The Morgan fingerprint density at radius 1 is 0.812 bits per heavy atom. The number of aliphatic hydroxyl groups is 1. The standard InChI is InChI=1S/C9H14F6O/c1-5(6(2,3)4)7(16,8(10,11)12)9(13,14)15/h5,16H,1-4H3/t5-/m0/s1. The van der Waals surface area contributed by atoms with Crippen LogP contribution in [0.25, 0.3) is 0 Å². The van der Waals surface area contributed by atoms with Crippen molar-refractivity contribution in [2.75, 3.05) is 0 Å². The lowest BCUT2D eigenvalue weighted by Crippen LogP contribution is -2.63. The highest BCUT2D eigenvalue weighted by Crippen LogP contribution is 2.52. The van der Waals surface area contributed by atoms with Gasteiger partial charge in [-0.05, 0) is 5.41 Å². The van der Waals surface area contributed by atoms with Gasteiger partial charge in [-0.3, -0.25) is 0 Å². The van der Waals surface area contributed by atoms with Gasteiger partial charge in [0.15, 0.2) is 0 Å². The SMILES string of the molecule is C[C@@H](C(C)(C)C)C(O)(C(F)(F)F)C(F)(F)F. The zero-order valence-corrected chi connectivity index (χ0v) is 9.29. The third-order valence-electron chi connectivity index (χ3n) is 2.79. The second-order valence-electron chi connectivity index (χ2n) is 4.85. The number of hydrogen-bond donors (Lipinski definition) is 1. The van der Waals surface area contributed by atoms with Crippen LogP contribution in [0.4, 0.5) is 26.3 Å². The first-order chi connectivity index (χ1) is 6.65. The summed E-state index contributed by atoms with van der Waals surface area (Å²) in [6.07, 6.45) is -11.5. The van der Waals surface area contributed by atoms with Crippen molar-refractivity contribution in [3.8, 4) is 0 Å². The van der Waals surface area contributed by atoms with Gasteiger partial charge in [0.2, 0.25) is 0 Å². The van der Waals surface area contributed by atoms with E-state index in [1.807, 2.05) is 0 Å². The molecule has 7 heteroatoms. The third-order valence-corrected chi connectivity index (χ3v) is 2.79. The third kappa shape index (κ3) is 2.44. The topological polar surface area (TPSA) is 20.2 Å². The van der Waals surface area contributed by atoms with Crippen molar-refractivity contribution in [2.45, 2.75) is 45.6 Å². The summed E-state index contributed by atoms with van der Waals surface area (Å²) in [6.45, 7) is 4.36. The fourth-order valence-corrected chi connectivity index (χ4v) is 1.28. The van der Waals surface area contributed by atoms with E-state index in [0.29, 0.717) is 0 Å². The van der Waals surface area contributed by atoms with Crippen molar-refractivity contribution >= 4 is 0 Å². The highest BCUT2D eigenvalue weighted by molar-refractivity contribution is 5.01. The van der Waals surface area contributed by atoms with E-state index in [0.717, 1.165) is 6.92 Å². The molecule has 16 heavy (non-hydrogen) atoms. The maximum atomic E-state index is 12.4. The molecule has 0 aliphatic rings. The van der Waals surface area contributed by atoms with Gasteiger partial charge in [0.1, 0.15) is 0 Å². The van der Waals surface area contributed by atoms with Crippen LogP contribution in [0.2, 0.25) is 0 Å². The quantitative estimate of drug-likeness (QED) is 0.708. The minimum absolute atomic E-state index is 0.737. The van der Waals surface area contributed by atoms with E-state index in [1.54, 1.807) is 0 Å². The van der Waals surface area contributed by atoms with E-state index in [1.165, 1.54) is 20.8 Å². The lowest BCUT2D eigenvalue weighted by Gasteiger charge is -2.43. The summed E-state index contributed by atoms with van der Waals surface area (Å²) in [5.74, 6) is -2.01. The summed E-state index contributed by atoms with van der Waals surface area (Å²) in [4.78, 5) is 0. The van der Waals surface area contributed by atoms with Gasteiger partial charge in [-0.2, -0.15) is 26.3 Å². The van der Waals surface area contributed by atoms with Crippen molar-refractivity contribution < 1.29 is 31.4 Å². The largest absolute Gasteiger partial charge is 0.426 e. The Morgan fingerprint density at radius 3 is 1.12 bits per heavy atom. The van der Waals surface area contributed by atoms with Crippen LogP contribution in [0, 0.1) is 11.3 Å². The molecule has 0 radical (unpaired) electrons. The molecule has 0 aliphatic heterocycles. The zero-order chi connectivity index (χ0) is 13.6. The molecule has 0 aromatic carbocycles. The summed E-state index contributed by atoms with van der Waals surface area (Å²) in [6, 6.07) is 0. The molecule has 1 nitrogen and oxygen atoms in total. The molecule has 0 fully saturated rings. The molecule has 0 unspecified atom stereocenters. The molecule has 0 saturated heterocycles. The van der Waals surface area contributed by atoms with Gasteiger partial charge in [0.05, 0.1) is 0 Å². The Bertz CT molecular complexity index is 232. The Labute approximate surface area is 89.4 Å². The van der Waals surface area contributed by atoms with Crippen LogP contribution in [0.5, 0.6) is 0 Å². The van der Waals surface area contributed by atoms with E-state index in [-0.39, 0.29) is 0 Å². The highest BCUT2D eigenvalue weighted by Gasteiger charge is 2.74. The maximum absolute atomic E-state index is 12.4. The summed E-state index contributed by atoms with van der Waals surface area (Å²) in [7, 11) is 0. The minimum Gasteiger partial charge on any atom is -0.373 e. The van der Waals surface area contributed by atoms with Crippen molar-refractivity contribution in [3.63, 3.8) is 0 Å². The van der Waals surface area contributed by atoms with Crippen LogP contribution in [0.1, 0.15) is 27.7 Å². The van der Waals surface area contributed by atoms with Crippen LogP contribution < -0.4 is 0 Å². The van der Waals surface area contributed by atoms with Crippen LogP contribution in [-0.4, -0.2) is 23.1 Å². The van der Waals surface area contributed by atoms with Crippen molar-refractivity contribution in [3.05, 3.63) is 0 Å². The van der Waals surface area contributed by atoms with Gasteiger partial charge in [0, 0.05) is 5.92 Å². The average Bonchev–Trinajstić information content (AvgIpc) is 1.95. The summed E-state index contributed by atoms with van der Waals surface area (Å²) >= 11 is 0. The molecule has 0 bridgehead atoms. The van der Waals surface area contributed by atoms with E-state index >= 15 is 0 Å². The summed E-state index contributed by atoms with van der Waals surface area (Å²) < 4.78 is 74.5. The predicted octanol–water partition coefficient (Wildman–Crippen LogP) is 3.52. The Kier molecular flexibility index (Phi) is 3.68. The molecule has 0 heterocycles. The lowest BCUT2D eigenvalue weighted by atomic mass is 9.71. The van der Waals surface area contributed by atoms with Gasteiger partial charge in [-0.1, -0.05) is 27.7 Å². The highest BCUT2D eigenvalue weighted by atomic mass is 19.4. The zero-order valence-electron chi connectivity index (χ0n) is 9.29. The second-order valence-corrected chi connectivity index (χ2v) is 4.85. The Balaban J connectivity index is 5.63. The van der Waals surface area contributed by atoms with Gasteiger partial charge in [-0.15, -0.1) is 0 Å². The minimum atomic E-state index is -5.75. The molecule has 0 saturated carbocycles. The van der Waals surface area contributed by atoms with Gasteiger partial charge in [-0.25, -0.2) is 0 Å². The number of hydrogen-bond acceptors (Lipinski definition) is 1.